The van der Waals surface area contributed by atoms with E-state index in [9.17, 15) is 9.90 Å². The van der Waals surface area contributed by atoms with Gasteiger partial charge in [-0.3, -0.25) is 0 Å². The van der Waals surface area contributed by atoms with Crippen molar-refractivity contribution in [2.75, 3.05) is 0 Å². The maximum Gasteiger partial charge on any atom is 0.338 e. The number of aromatic carboxylic acids is 1. The zero-order valence-electron chi connectivity index (χ0n) is 12.4. The number of rotatable bonds is 1. The Balaban J connectivity index is 2.11. The molecule has 5 rings (SSSR count). The van der Waals surface area contributed by atoms with E-state index in [1.165, 1.54) is 6.07 Å². The van der Waals surface area contributed by atoms with Crippen LogP contribution in [-0.4, -0.2) is 21.0 Å². The number of nitrogens with one attached hydrogen (secondary N) is 2. The number of carboxylic acid groups (broad SMARTS) is 1. The quantitative estimate of drug-likeness (QED) is 0.441. The lowest BCUT2D eigenvalue weighted by atomic mass is 10.1. The first-order chi connectivity index (χ1) is 11.6. The third-order valence-electron chi connectivity index (χ3n) is 4.49. The molecule has 0 aliphatic carbocycles. The minimum atomic E-state index is -1.08. The maximum atomic E-state index is 11.5. The minimum absolute atomic E-state index is 0.0414. The summed E-state index contributed by atoms with van der Waals surface area (Å²) in [6, 6.07) is 15.1. The molecule has 5 heteroatoms. The van der Waals surface area contributed by atoms with Gasteiger partial charge in [-0.15, -0.1) is 0 Å². The molecule has 24 heavy (non-hydrogen) atoms. The predicted molar refractivity (Wildman–Crippen MR) is 92.6 cm³/mol. The molecule has 0 bridgehead atoms. The molecule has 0 saturated heterocycles. The average molecular weight is 313 g/mol. The first kappa shape index (κ1) is 13.0. The molecule has 5 nitrogen and oxygen atoms in total. The molecular weight excluding hydrogens is 302 g/mol. The Bertz CT molecular complexity index is 1350. The van der Waals surface area contributed by atoms with Crippen LogP contribution in [-0.2, 0) is 0 Å². The summed E-state index contributed by atoms with van der Waals surface area (Å²) in [5.41, 5.74) is 2.61. The first-order valence-electron chi connectivity index (χ1n) is 7.52. The number of H-pyrrole nitrogens is 1. The van der Waals surface area contributed by atoms with Gasteiger partial charge in [0.2, 0.25) is 0 Å². The second-order valence-corrected chi connectivity index (χ2v) is 5.89. The van der Waals surface area contributed by atoms with Gasteiger partial charge < -0.3 is 15.5 Å². The molecule has 0 radical (unpaired) electrons. The van der Waals surface area contributed by atoms with Crippen molar-refractivity contribution in [2.45, 2.75) is 0 Å². The van der Waals surface area contributed by atoms with Crippen LogP contribution in [0.3, 0.4) is 0 Å². The Kier molecular flexibility index (Phi) is 2.33. The molecular formula is C19H11N3O2. The second kappa shape index (κ2) is 4.29. The van der Waals surface area contributed by atoms with Crippen molar-refractivity contribution in [1.29, 1.82) is 5.41 Å². The van der Waals surface area contributed by atoms with Crippen molar-refractivity contribution < 1.29 is 9.90 Å². The highest BCUT2D eigenvalue weighted by molar-refractivity contribution is 6.28. The van der Waals surface area contributed by atoms with Gasteiger partial charge in [0.25, 0.3) is 0 Å². The second-order valence-electron chi connectivity index (χ2n) is 5.89. The molecule has 0 saturated carbocycles. The number of hydrogen-bond acceptors (Lipinski definition) is 3. The fourth-order valence-electron chi connectivity index (χ4n) is 3.51. The summed E-state index contributed by atoms with van der Waals surface area (Å²) in [6.45, 7) is 0. The molecule has 0 aliphatic heterocycles. The van der Waals surface area contributed by atoms with Gasteiger partial charge in [-0.1, -0.05) is 36.4 Å². The summed E-state index contributed by atoms with van der Waals surface area (Å²) >= 11 is 0. The van der Waals surface area contributed by atoms with Gasteiger partial charge in [-0.25, -0.2) is 9.78 Å². The van der Waals surface area contributed by atoms with Crippen LogP contribution >= 0.6 is 0 Å². The van der Waals surface area contributed by atoms with E-state index in [1.54, 1.807) is 6.07 Å². The number of fused-ring (bicyclic) bond motifs is 4. The molecule has 1 aromatic heterocycles. The molecule has 0 atom stereocenters. The van der Waals surface area contributed by atoms with Crippen molar-refractivity contribution in [3.05, 3.63) is 59.5 Å². The van der Waals surface area contributed by atoms with E-state index in [0.717, 1.165) is 32.6 Å². The number of aromatic nitrogens is 2. The lowest BCUT2D eigenvalue weighted by molar-refractivity contribution is 0.0698. The van der Waals surface area contributed by atoms with Gasteiger partial charge in [0, 0.05) is 16.2 Å². The molecule has 0 amide bonds. The number of nitrogens with zero attached hydrogens (tertiary/aromatic N) is 1. The van der Waals surface area contributed by atoms with Gasteiger partial charge in [-0.05, 0) is 17.5 Å². The van der Waals surface area contributed by atoms with E-state index in [2.05, 4.69) is 22.1 Å². The fourth-order valence-corrected chi connectivity index (χ4v) is 3.51. The lowest BCUT2D eigenvalue weighted by Crippen LogP contribution is -2.07. The zero-order valence-corrected chi connectivity index (χ0v) is 12.4. The van der Waals surface area contributed by atoms with Crippen molar-refractivity contribution in [3.63, 3.8) is 0 Å². The molecule has 4 aromatic carbocycles. The van der Waals surface area contributed by atoms with Crippen LogP contribution in [0.15, 0.2) is 48.5 Å². The first-order valence-corrected chi connectivity index (χ1v) is 7.52. The van der Waals surface area contributed by atoms with Crippen molar-refractivity contribution in [3.8, 4) is 0 Å². The van der Waals surface area contributed by atoms with Crippen LogP contribution in [0, 0.1) is 5.41 Å². The van der Waals surface area contributed by atoms with Gasteiger partial charge >= 0.3 is 5.97 Å². The van der Waals surface area contributed by atoms with Crippen LogP contribution < -0.4 is 5.36 Å². The number of aromatic amines is 1. The normalized spacial score (nSPS) is 11.8. The summed E-state index contributed by atoms with van der Waals surface area (Å²) in [7, 11) is 0. The van der Waals surface area contributed by atoms with E-state index in [1.807, 2.05) is 24.3 Å². The zero-order chi connectivity index (χ0) is 16.4. The SMILES string of the molecule is N=c1cc(C(=O)O)c2nc3c4cccc5cccc(c3[nH]c2c1)c54. The minimum Gasteiger partial charge on any atom is -0.478 e. The molecule has 114 valence electrons. The number of benzene rings is 3. The van der Waals surface area contributed by atoms with Crippen LogP contribution in [0.4, 0.5) is 0 Å². The molecule has 3 N–H and O–H groups in total. The summed E-state index contributed by atoms with van der Waals surface area (Å²) < 4.78 is 0. The summed E-state index contributed by atoms with van der Waals surface area (Å²) in [5.74, 6) is -1.08. The summed E-state index contributed by atoms with van der Waals surface area (Å²) in [6.07, 6.45) is 0. The molecule has 0 fully saturated rings. The van der Waals surface area contributed by atoms with Crippen LogP contribution in [0.5, 0.6) is 0 Å². The Morgan fingerprint density at radius 3 is 2.54 bits per heavy atom. The van der Waals surface area contributed by atoms with E-state index >= 15 is 0 Å². The Hall–Kier alpha value is -3.47. The van der Waals surface area contributed by atoms with Gasteiger partial charge in [0.1, 0.15) is 5.52 Å². The van der Waals surface area contributed by atoms with Crippen LogP contribution in [0.1, 0.15) is 10.4 Å². The Morgan fingerprint density at radius 2 is 1.79 bits per heavy atom. The maximum absolute atomic E-state index is 11.5. The van der Waals surface area contributed by atoms with Crippen LogP contribution in [0.2, 0.25) is 0 Å². The van der Waals surface area contributed by atoms with E-state index in [0.29, 0.717) is 11.0 Å². The predicted octanol–water partition coefficient (Wildman–Crippen LogP) is 3.64. The van der Waals surface area contributed by atoms with Crippen LogP contribution in [0.25, 0.3) is 43.6 Å². The molecule has 0 spiro atoms. The van der Waals surface area contributed by atoms with Crippen molar-refractivity contribution >= 4 is 49.6 Å². The van der Waals surface area contributed by atoms with E-state index in [4.69, 9.17) is 5.41 Å². The summed E-state index contributed by atoms with van der Waals surface area (Å²) in [5, 5.41) is 21.7. The summed E-state index contributed by atoms with van der Waals surface area (Å²) in [4.78, 5) is 19.5. The van der Waals surface area contributed by atoms with Gasteiger partial charge in [0.15, 0.2) is 0 Å². The average Bonchev–Trinajstić information content (AvgIpc) is 2.88. The van der Waals surface area contributed by atoms with Crippen molar-refractivity contribution in [1.82, 2.24) is 9.97 Å². The van der Waals surface area contributed by atoms with E-state index < -0.39 is 5.97 Å². The smallest absolute Gasteiger partial charge is 0.338 e. The highest BCUT2D eigenvalue weighted by Crippen LogP contribution is 2.37. The van der Waals surface area contributed by atoms with Gasteiger partial charge in [0.05, 0.1) is 27.5 Å². The number of hydrogen-bond donors (Lipinski definition) is 3. The van der Waals surface area contributed by atoms with E-state index in [-0.39, 0.29) is 10.9 Å². The number of carbonyl (C=O) groups is 1. The fraction of sp³-hybridized carbons (Fsp3) is 0. The molecule has 0 unspecified atom stereocenters. The highest BCUT2D eigenvalue weighted by Gasteiger charge is 2.16. The largest absolute Gasteiger partial charge is 0.478 e. The third-order valence-corrected chi connectivity index (χ3v) is 4.49. The molecule has 1 heterocycles. The van der Waals surface area contributed by atoms with Crippen molar-refractivity contribution in [2.24, 2.45) is 0 Å². The number of carboxylic acids is 1. The Labute approximate surface area is 135 Å². The third kappa shape index (κ3) is 1.55. The topological polar surface area (TPSA) is 89.8 Å². The standard InChI is InChI=1S/C19H11N3O2/c20-10-7-13(19(23)24)16-14(8-10)21-17-11-5-1-3-9-4-2-6-12(15(9)11)18(17)22-16/h1-8,20-21H,(H,23,24). The molecule has 5 aromatic rings. The molecule has 0 aliphatic rings. The lowest BCUT2D eigenvalue weighted by Gasteiger charge is -2.03. The monoisotopic (exact) mass is 313 g/mol. The van der Waals surface area contributed by atoms with Gasteiger partial charge in [-0.2, -0.15) is 0 Å². The Morgan fingerprint density at radius 1 is 1.04 bits per heavy atom. The highest BCUT2D eigenvalue weighted by atomic mass is 16.4.